The van der Waals surface area contributed by atoms with Crippen molar-refractivity contribution in [3.63, 3.8) is 0 Å². The van der Waals surface area contributed by atoms with Crippen LogP contribution in [0.4, 0.5) is 4.79 Å². The second kappa shape index (κ2) is 8.84. The van der Waals surface area contributed by atoms with Crippen LogP contribution < -0.4 is 0 Å². The third-order valence-electron chi connectivity index (χ3n) is 6.51. The molecule has 0 saturated carbocycles. The molecule has 0 aliphatic carbocycles. The lowest BCUT2D eigenvalue weighted by molar-refractivity contribution is -0.136. The summed E-state index contributed by atoms with van der Waals surface area (Å²) in [6.45, 7) is 3.09. The number of amides is 3. The van der Waals surface area contributed by atoms with Crippen LogP contribution in [0.2, 0.25) is 0 Å². The van der Waals surface area contributed by atoms with E-state index in [1.807, 2.05) is 77.1 Å². The molecular weight excluding hydrogens is 420 g/mol. The van der Waals surface area contributed by atoms with Gasteiger partial charge in [0.15, 0.2) is 0 Å². The molecule has 2 aliphatic rings. The van der Waals surface area contributed by atoms with Crippen LogP contribution in [-0.2, 0) is 24.4 Å². The number of hydrogen-bond donors (Lipinski definition) is 0. The molecule has 2 saturated heterocycles. The number of rotatable bonds is 6. The first-order chi connectivity index (χ1) is 15.7. The Kier molecular flexibility index (Phi) is 5.76. The van der Waals surface area contributed by atoms with Crippen molar-refractivity contribution in [2.45, 2.75) is 38.0 Å². The number of piperidine rings is 1. The van der Waals surface area contributed by atoms with Gasteiger partial charge < -0.3 is 4.90 Å². The Morgan fingerprint density at radius 2 is 1.47 bits per heavy atom. The van der Waals surface area contributed by atoms with Gasteiger partial charge in [-0.15, -0.1) is 11.3 Å². The van der Waals surface area contributed by atoms with E-state index in [4.69, 9.17) is 0 Å². The third-order valence-corrected chi connectivity index (χ3v) is 7.28. The predicted octanol–water partition coefficient (Wildman–Crippen LogP) is 4.14. The zero-order valence-electron chi connectivity index (χ0n) is 17.9. The monoisotopic (exact) mass is 446 g/mol. The van der Waals surface area contributed by atoms with Gasteiger partial charge in [0.25, 0.3) is 5.91 Å². The summed E-state index contributed by atoms with van der Waals surface area (Å²) in [7, 11) is 0. The predicted molar refractivity (Wildman–Crippen MR) is 124 cm³/mol. The Morgan fingerprint density at radius 1 is 0.844 bits per heavy atom. The molecule has 32 heavy (non-hydrogen) atoms. The summed E-state index contributed by atoms with van der Waals surface area (Å²) >= 11 is 1.65. The molecular formula is C25H26N4O2S. The molecule has 2 aliphatic heterocycles. The number of carbonyl (C=O) groups is 2. The van der Waals surface area contributed by atoms with Crippen LogP contribution in [0.1, 0.15) is 29.0 Å². The van der Waals surface area contributed by atoms with Crippen molar-refractivity contribution in [3.8, 4) is 0 Å². The second-order valence-electron chi connectivity index (χ2n) is 8.46. The highest BCUT2D eigenvalue weighted by atomic mass is 32.1. The van der Waals surface area contributed by atoms with Gasteiger partial charge in [0.1, 0.15) is 10.5 Å². The summed E-state index contributed by atoms with van der Waals surface area (Å²) in [4.78, 5) is 37.3. The minimum Gasteiger partial charge on any atom is -0.305 e. The zero-order valence-corrected chi connectivity index (χ0v) is 18.7. The summed E-state index contributed by atoms with van der Waals surface area (Å²) in [5.41, 5.74) is 1.23. The van der Waals surface area contributed by atoms with E-state index in [1.165, 1.54) is 4.90 Å². The number of urea groups is 1. The van der Waals surface area contributed by atoms with E-state index in [-0.39, 0.29) is 11.9 Å². The summed E-state index contributed by atoms with van der Waals surface area (Å²) in [6.07, 6.45) is 3.11. The molecule has 1 spiro atoms. The smallest absolute Gasteiger partial charge is 0.305 e. The van der Waals surface area contributed by atoms with Gasteiger partial charge in [-0.2, -0.15) is 0 Å². The molecule has 7 heteroatoms. The maximum atomic E-state index is 13.8. The largest absolute Gasteiger partial charge is 0.328 e. The number of carbonyl (C=O) groups excluding carboxylic acids is 2. The standard InChI is InChI=1S/C25H26N4O2S/c30-23-25(11-14-27(15-12-25)19-22-26-13-16-32-22)29(18-21-9-5-2-6-10-21)24(31)28(23)17-20-7-3-1-4-8-20/h1-10,13,16H,11-12,14-15,17-19H2. The van der Waals surface area contributed by atoms with E-state index in [0.717, 1.165) is 35.8 Å². The molecule has 3 aromatic rings. The summed E-state index contributed by atoms with van der Waals surface area (Å²) < 4.78 is 0. The normalized spacial score (nSPS) is 18.6. The fourth-order valence-corrected chi connectivity index (χ4v) is 5.42. The summed E-state index contributed by atoms with van der Waals surface area (Å²) in [5.74, 6) is -0.0591. The molecule has 1 aromatic heterocycles. The molecule has 0 N–H and O–H groups in total. The van der Waals surface area contributed by atoms with E-state index in [0.29, 0.717) is 25.9 Å². The highest BCUT2D eigenvalue weighted by Crippen LogP contribution is 2.39. The number of imide groups is 1. The molecule has 3 heterocycles. The van der Waals surface area contributed by atoms with E-state index in [2.05, 4.69) is 9.88 Å². The average molecular weight is 447 g/mol. The fourth-order valence-electron chi connectivity index (χ4n) is 4.76. The molecule has 164 valence electrons. The van der Waals surface area contributed by atoms with Crippen LogP contribution in [0.15, 0.2) is 72.2 Å². The van der Waals surface area contributed by atoms with Crippen LogP contribution in [0.25, 0.3) is 0 Å². The average Bonchev–Trinajstić information content (AvgIpc) is 3.40. The van der Waals surface area contributed by atoms with Crippen molar-refractivity contribution < 1.29 is 9.59 Å². The van der Waals surface area contributed by atoms with E-state index < -0.39 is 5.54 Å². The minimum absolute atomic E-state index is 0.0591. The van der Waals surface area contributed by atoms with Gasteiger partial charge in [-0.1, -0.05) is 60.7 Å². The first-order valence-corrected chi connectivity index (χ1v) is 11.9. The lowest BCUT2D eigenvalue weighted by Gasteiger charge is -2.42. The highest BCUT2D eigenvalue weighted by Gasteiger charge is 2.57. The van der Waals surface area contributed by atoms with Gasteiger partial charge >= 0.3 is 6.03 Å². The first-order valence-electron chi connectivity index (χ1n) is 11.0. The maximum absolute atomic E-state index is 13.8. The van der Waals surface area contributed by atoms with E-state index >= 15 is 0 Å². The molecule has 0 radical (unpaired) electrons. The van der Waals surface area contributed by atoms with Gasteiger partial charge in [-0.05, 0) is 24.0 Å². The van der Waals surface area contributed by atoms with Gasteiger partial charge in [-0.3, -0.25) is 14.6 Å². The van der Waals surface area contributed by atoms with E-state index in [9.17, 15) is 9.59 Å². The van der Waals surface area contributed by atoms with Crippen molar-refractivity contribution >= 4 is 23.3 Å². The SMILES string of the molecule is O=C1N(Cc2ccccc2)C(=O)C2(CCN(Cc3nccs3)CC2)N1Cc1ccccc1. The fraction of sp³-hybridized carbons (Fsp3) is 0.320. The topological polar surface area (TPSA) is 56.8 Å². The van der Waals surface area contributed by atoms with Crippen molar-refractivity contribution in [2.24, 2.45) is 0 Å². The number of thiazole rings is 1. The van der Waals surface area contributed by atoms with Gasteiger partial charge in [0.2, 0.25) is 0 Å². The first kappa shape index (κ1) is 20.8. The van der Waals surface area contributed by atoms with E-state index in [1.54, 1.807) is 11.3 Å². The Bertz CT molecular complexity index is 1060. The number of nitrogens with zero attached hydrogens (tertiary/aromatic N) is 4. The molecule has 2 aromatic carbocycles. The zero-order chi connectivity index (χ0) is 22.0. The van der Waals surface area contributed by atoms with Gasteiger partial charge in [-0.25, -0.2) is 9.78 Å². The van der Waals surface area contributed by atoms with Crippen molar-refractivity contribution in [1.29, 1.82) is 0 Å². The lowest BCUT2D eigenvalue weighted by Crippen LogP contribution is -2.56. The van der Waals surface area contributed by atoms with Crippen LogP contribution in [-0.4, -0.2) is 50.3 Å². The van der Waals surface area contributed by atoms with Crippen molar-refractivity contribution in [1.82, 2.24) is 19.7 Å². The lowest BCUT2D eigenvalue weighted by atomic mass is 9.85. The number of likely N-dealkylation sites (tertiary alicyclic amines) is 1. The van der Waals surface area contributed by atoms with Crippen molar-refractivity contribution in [2.75, 3.05) is 13.1 Å². The number of hydrogen-bond acceptors (Lipinski definition) is 5. The molecule has 6 nitrogen and oxygen atoms in total. The number of benzene rings is 2. The summed E-state index contributed by atoms with van der Waals surface area (Å²) in [5, 5.41) is 3.07. The third kappa shape index (κ3) is 3.94. The second-order valence-corrected chi connectivity index (χ2v) is 9.44. The van der Waals surface area contributed by atoms with Gasteiger partial charge in [0.05, 0.1) is 13.1 Å². The molecule has 5 rings (SSSR count). The molecule has 0 bridgehead atoms. The van der Waals surface area contributed by atoms with Crippen LogP contribution in [0.3, 0.4) is 0 Å². The number of aromatic nitrogens is 1. The Balaban J connectivity index is 1.40. The Hall–Kier alpha value is -3.03. The van der Waals surface area contributed by atoms with Crippen LogP contribution >= 0.6 is 11.3 Å². The Labute approximate surface area is 192 Å². The summed E-state index contributed by atoms with van der Waals surface area (Å²) in [6, 6.07) is 19.5. The molecule has 0 unspecified atom stereocenters. The van der Waals surface area contributed by atoms with Crippen LogP contribution in [0, 0.1) is 0 Å². The van der Waals surface area contributed by atoms with Crippen molar-refractivity contribution in [3.05, 3.63) is 88.4 Å². The van der Waals surface area contributed by atoms with Crippen LogP contribution in [0.5, 0.6) is 0 Å². The molecule has 2 fully saturated rings. The quantitative estimate of drug-likeness (QED) is 0.534. The maximum Gasteiger partial charge on any atom is 0.328 e. The minimum atomic E-state index is -0.777. The molecule has 0 atom stereocenters. The highest BCUT2D eigenvalue weighted by molar-refractivity contribution is 7.09. The Morgan fingerprint density at radius 3 is 2.06 bits per heavy atom. The molecule has 3 amide bonds. The van der Waals surface area contributed by atoms with Gasteiger partial charge in [0, 0.05) is 31.2 Å².